The summed E-state index contributed by atoms with van der Waals surface area (Å²) in [4.78, 5) is 47.4. The van der Waals surface area contributed by atoms with Crippen LogP contribution in [0.4, 0.5) is 16.4 Å². The van der Waals surface area contributed by atoms with Crippen LogP contribution in [0.3, 0.4) is 0 Å². The highest BCUT2D eigenvalue weighted by Gasteiger charge is 2.27. The third-order valence-corrected chi connectivity index (χ3v) is 6.05. The van der Waals surface area contributed by atoms with E-state index in [-0.39, 0.29) is 10.6 Å². The molecule has 2 N–H and O–H groups in total. The molecule has 3 rings (SSSR count). The number of rotatable bonds is 6. The topological polar surface area (TPSA) is 157 Å². The summed E-state index contributed by atoms with van der Waals surface area (Å²) in [5.74, 6) is -1.25. The molecule has 0 radical (unpaired) electrons. The molecule has 1 aliphatic carbocycles. The number of hydrogen-bond acceptors (Lipinski definition) is 8. The van der Waals surface area contributed by atoms with Crippen molar-refractivity contribution in [3.05, 3.63) is 60.0 Å². The number of amides is 2. The number of benzene rings is 1. The van der Waals surface area contributed by atoms with Crippen molar-refractivity contribution in [3.63, 3.8) is 0 Å². The van der Waals surface area contributed by atoms with Crippen molar-refractivity contribution in [3.8, 4) is 0 Å². The van der Waals surface area contributed by atoms with Gasteiger partial charge >= 0.3 is 0 Å². The number of hydrazone groups is 1. The Kier molecular flexibility index (Phi) is 6.93. The number of carbonyl (C=O) groups is 2. The van der Waals surface area contributed by atoms with Crippen LogP contribution in [0, 0.1) is 20.2 Å². The molecule has 2 aromatic rings. The Hall–Kier alpha value is -3.67. The van der Waals surface area contributed by atoms with Gasteiger partial charge in [-0.15, -0.1) is 11.3 Å². The Balaban J connectivity index is 2.00. The fraction of sp³-hybridized carbons (Fsp3) is 0.350. The van der Waals surface area contributed by atoms with E-state index in [4.69, 9.17) is 0 Å². The summed E-state index contributed by atoms with van der Waals surface area (Å²) >= 11 is 1.27. The first-order valence-electron chi connectivity index (χ1n) is 9.88. The van der Waals surface area contributed by atoms with Crippen LogP contribution in [0.5, 0.6) is 0 Å². The van der Waals surface area contributed by atoms with Crippen molar-refractivity contribution in [2.45, 2.75) is 46.0 Å². The molecule has 0 saturated carbocycles. The van der Waals surface area contributed by atoms with Gasteiger partial charge in [-0.3, -0.25) is 29.8 Å². The fourth-order valence-corrected chi connectivity index (χ4v) is 4.68. The van der Waals surface area contributed by atoms with Gasteiger partial charge in [-0.2, -0.15) is 5.10 Å². The van der Waals surface area contributed by atoms with Crippen LogP contribution in [0.2, 0.25) is 0 Å². The first-order valence-corrected chi connectivity index (χ1v) is 10.7. The monoisotopic (exact) mass is 459 g/mol. The highest BCUT2D eigenvalue weighted by molar-refractivity contribution is 7.17. The molecule has 0 unspecified atom stereocenters. The van der Waals surface area contributed by atoms with Crippen molar-refractivity contribution in [1.29, 1.82) is 0 Å². The minimum atomic E-state index is -0.804. The molecular weight excluding hydrogens is 438 g/mol. The van der Waals surface area contributed by atoms with E-state index in [1.807, 2.05) is 0 Å². The number of non-ortho nitro benzene ring substituents is 2. The predicted octanol–water partition coefficient (Wildman–Crippen LogP) is 4.21. The van der Waals surface area contributed by atoms with Crippen LogP contribution in [0.25, 0.3) is 0 Å². The van der Waals surface area contributed by atoms with Crippen molar-refractivity contribution < 1.29 is 19.4 Å². The largest absolute Gasteiger partial charge is 0.313 e. The zero-order chi connectivity index (χ0) is 23.4. The highest BCUT2D eigenvalue weighted by Crippen LogP contribution is 2.38. The van der Waals surface area contributed by atoms with Gasteiger partial charge in [0, 0.05) is 22.7 Å². The summed E-state index contributed by atoms with van der Waals surface area (Å²) in [7, 11) is 0. The van der Waals surface area contributed by atoms with Crippen LogP contribution >= 0.6 is 11.3 Å². The van der Waals surface area contributed by atoms with E-state index in [9.17, 15) is 29.8 Å². The quantitative estimate of drug-likeness (QED) is 0.285. The lowest BCUT2D eigenvalue weighted by atomic mass is 10.0. The fourth-order valence-electron chi connectivity index (χ4n) is 3.40. The minimum absolute atomic E-state index is 0.247. The summed E-state index contributed by atoms with van der Waals surface area (Å²) in [6, 6.07) is 2.71. The number of nitro groups is 2. The van der Waals surface area contributed by atoms with Gasteiger partial charge in [0.2, 0.25) is 0 Å². The van der Waals surface area contributed by atoms with Crippen molar-refractivity contribution in [2.75, 3.05) is 5.32 Å². The van der Waals surface area contributed by atoms with E-state index in [2.05, 4.69) is 15.8 Å². The van der Waals surface area contributed by atoms with Crippen molar-refractivity contribution in [1.82, 2.24) is 5.43 Å². The molecule has 1 aliphatic rings. The smallest absolute Gasteiger partial charge is 0.277 e. The number of fused-ring (bicyclic) bond motifs is 1. The van der Waals surface area contributed by atoms with Gasteiger partial charge in [0.15, 0.2) is 0 Å². The summed E-state index contributed by atoms with van der Waals surface area (Å²) in [6.07, 6.45) is 4.36. The molecule has 32 heavy (non-hydrogen) atoms. The van der Waals surface area contributed by atoms with Gasteiger partial charge in [0.05, 0.1) is 27.0 Å². The van der Waals surface area contributed by atoms with Crippen molar-refractivity contribution in [2.24, 2.45) is 5.10 Å². The van der Waals surface area contributed by atoms with Gasteiger partial charge in [0.1, 0.15) is 5.00 Å². The van der Waals surface area contributed by atoms with Crippen LogP contribution in [-0.2, 0) is 12.8 Å². The summed E-state index contributed by atoms with van der Waals surface area (Å²) < 4.78 is 0. The molecule has 0 bridgehead atoms. The third-order valence-electron chi connectivity index (χ3n) is 4.84. The van der Waals surface area contributed by atoms with Crippen LogP contribution in [0.15, 0.2) is 23.3 Å². The minimum Gasteiger partial charge on any atom is -0.313 e. The van der Waals surface area contributed by atoms with Gasteiger partial charge in [0.25, 0.3) is 23.2 Å². The summed E-state index contributed by atoms with van der Waals surface area (Å²) in [6.45, 7) is 3.46. The molecule has 0 aliphatic heterocycles. The van der Waals surface area contributed by atoms with E-state index >= 15 is 0 Å². The van der Waals surface area contributed by atoms with Crippen LogP contribution in [-0.4, -0.2) is 27.4 Å². The molecule has 0 spiro atoms. The van der Waals surface area contributed by atoms with E-state index in [1.165, 1.54) is 11.3 Å². The lowest BCUT2D eigenvalue weighted by molar-refractivity contribution is -0.394. The second kappa shape index (κ2) is 9.64. The third kappa shape index (κ3) is 5.14. The number of carbonyl (C=O) groups excluding carboxylic acids is 2. The molecular formula is C20H21N5O6S. The molecule has 0 atom stereocenters. The van der Waals surface area contributed by atoms with E-state index in [0.29, 0.717) is 17.7 Å². The number of aryl methyl sites for hydroxylation is 1. The molecule has 0 fully saturated rings. The Morgan fingerprint density at radius 1 is 0.969 bits per heavy atom. The zero-order valence-electron chi connectivity index (χ0n) is 17.5. The first kappa shape index (κ1) is 23.0. The second-order valence-electron chi connectivity index (χ2n) is 7.47. The number of thiophene rings is 1. The maximum absolute atomic E-state index is 12.9. The predicted molar refractivity (Wildman–Crippen MR) is 120 cm³/mol. The number of nitrogens with one attached hydrogen (secondary N) is 2. The maximum atomic E-state index is 12.9. The molecule has 12 heteroatoms. The highest BCUT2D eigenvalue weighted by atomic mass is 32.1. The Bertz CT molecular complexity index is 1100. The zero-order valence-corrected chi connectivity index (χ0v) is 18.3. The molecule has 1 aromatic carbocycles. The lowest BCUT2D eigenvalue weighted by Gasteiger charge is -2.08. The maximum Gasteiger partial charge on any atom is 0.277 e. The van der Waals surface area contributed by atoms with Crippen molar-refractivity contribution >= 4 is 45.2 Å². The molecule has 11 nitrogen and oxygen atoms in total. The standard InChI is InChI=1S/C20H21N5O6S/c1-11(2)22-23-19(27)17-15-6-4-3-5-7-16(15)32-20(17)21-18(26)12-8-13(24(28)29)10-14(9-12)25(30)31/h8-10H,3-7H2,1-2H3,(H,21,26)(H,23,27). The van der Waals surface area contributed by atoms with E-state index in [0.717, 1.165) is 54.3 Å². The molecule has 1 aromatic heterocycles. The number of nitro benzene ring substituents is 2. The molecule has 2 amide bonds. The van der Waals surface area contributed by atoms with Crippen LogP contribution < -0.4 is 10.7 Å². The Morgan fingerprint density at radius 3 is 2.19 bits per heavy atom. The van der Waals surface area contributed by atoms with E-state index in [1.54, 1.807) is 13.8 Å². The van der Waals surface area contributed by atoms with Gasteiger partial charge in [-0.25, -0.2) is 5.43 Å². The first-order chi connectivity index (χ1) is 15.2. The lowest BCUT2D eigenvalue weighted by Crippen LogP contribution is -2.22. The van der Waals surface area contributed by atoms with Gasteiger partial charge in [-0.1, -0.05) is 6.42 Å². The summed E-state index contributed by atoms with van der Waals surface area (Å²) in [5, 5.41) is 29.1. The number of anilines is 1. The van der Waals surface area contributed by atoms with Gasteiger partial charge < -0.3 is 5.32 Å². The Morgan fingerprint density at radius 2 is 1.59 bits per heavy atom. The number of nitrogens with zero attached hydrogens (tertiary/aromatic N) is 3. The van der Waals surface area contributed by atoms with Gasteiger partial charge in [-0.05, 0) is 45.1 Å². The SMILES string of the molecule is CC(C)=NNC(=O)c1c(NC(=O)c2cc([N+](=O)[O-])cc([N+](=O)[O-])c2)sc2c1CCCCC2. The molecule has 168 valence electrons. The normalized spacial score (nSPS) is 12.8. The molecule has 1 heterocycles. The second-order valence-corrected chi connectivity index (χ2v) is 8.58. The summed E-state index contributed by atoms with van der Waals surface area (Å²) in [5.41, 5.74) is 2.90. The van der Waals surface area contributed by atoms with E-state index < -0.39 is 33.0 Å². The molecule has 0 saturated heterocycles. The average molecular weight is 459 g/mol. The average Bonchev–Trinajstić information content (AvgIpc) is 2.91. The Labute approximate surface area is 186 Å². The number of hydrogen-bond donors (Lipinski definition) is 2. The van der Waals surface area contributed by atoms with Crippen LogP contribution in [0.1, 0.15) is 64.3 Å².